The van der Waals surface area contributed by atoms with E-state index in [0.29, 0.717) is 0 Å². The molecule has 0 unspecified atom stereocenters. The molecule has 1 aromatic carbocycles. The van der Waals surface area contributed by atoms with E-state index in [-0.39, 0.29) is 11.5 Å². The molecule has 0 aliphatic rings. The molecule has 0 aromatic heterocycles. The zero-order valence-electron chi connectivity index (χ0n) is 11.7. The van der Waals surface area contributed by atoms with Crippen LogP contribution < -0.4 is 0 Å². The minimum Gasteiger partial charge on any atom is -0.508 e. The lowest BCUT2D eigenvalue weighted by Crippen LogP contribution is -1.80. The first-order valence-corrected chi connectivity index (χ1v) is 7.04. The molecule has 0 aliphatic heterocycles. The molecule has 0 aliphatic carbocycles. The molecule has 0 bridgehead atoms. The maximum Gasteiger partial charge on any atom is 0.119 e. The Hall–Kier alpha value is -1.70. The maximum atomic E-state index is 9.34. The van der Waals surface area contributed by atoms with Gasteiger partial charge in [-0.1, -0.05) is 44.1 Å². The highest BCUT2D eigenvalue weighted by atomic mass is 16.3. The number of phenolic OH excluding ortho intramolecular Hbond substituents is 2. The van der Waals surface area contributed by atoms with Gasteiger partial charge < -0.3 is 10.2 Å². The predicted molar refractivity (Wildman–Crippen MR) is 80.5 cm³/mol. The van der Waals surface area contributed by atoms with E-state index in [9.17, 15) is 10.2 Å². The van der Waals surface area contributed by atoms with Crippen LogP contribution in [-0.4, -0.2) is 10.2 Å². The Bertz CT molecular complexity index is 399. The fourth-order valence-corrected chi connectivity index (χ4v) is 1.89. The van der Waals surface area contributed by atoms with Crippen molar-refractivity contribution in [1.82, 2.24) is 0 Å². The van der Waals surface area contributed by atoms with Crippen LogP contribution in [0.25, 0.3) is 0 Å². The van der Waals surface area contributed by atoms with Crippen molar-refractivity contribution in [2.45, 2.75) is 45.4 Å². The van der Waals surface area contributed by atoms with Gasteiger partial charge in [0.05, 0.1) is 0 Å². The zero-order chi connectivity index (χ0) is 13.9. The summed E-state index contributed by atoms with van der Waals surface area (Å²) in [6, 6.07) is 4.68. The van der Waals surface area contributed by atoms with Gasteiger partial charge in [0, 0.05) is 6.07 Å². The van der Waals surface area contributed by atoms with Gasteiger partial charge in [0.1, 0.15) is 11.5 Å². The number of allylic oxidation sites excluding steroid dienone is 4. The molecule has 0 spiro atoms. The van der Waals surface area contributed by atoms with Crippen LogP contribution in [0.2, 0.25) is 0 Å². The minimum absolute atomic E-state index is 0.110. The number of benzene rings is 1. The summed E-state index contributed by atoms with van der Waals surface area (Å²) in [5.41, 5.74) is 0.917. The Morgan fingerprint density at radius 2 is 1.58 bits per heavy atom. The molecule has 2 N–H and O–H groups in total. The van der Waals surface area contributed by atoms with Gasteiger partial charge in [-0.3, -0.25) is 0 Å². The van der Waals surface area contributed by atoms with Crippen molar-refractivity contribution >= 4 is 0 Å². The van der Waals surface area contributed by atoms with Gasteiger partial charge >= 0.3 is 0 Å². The molecule has 0 heterocycles. The van der Waals surface area contributed by atoms with Crippen molar-refractivity contribution in [3.63, 3.8) is 0 Å². The Kier molecular flexibility index (Phi) is 7.48. The Labute approximate surface area is 116 Å². The van der Waals surface area contributed by atoms with E-state index in [4.69, 9.17) is 0 Å². The molecule has 0 amide bonds. The number of aromatic hydroxyl groups is 2. The fourth-order valence-electron chi connectivity index (χ4n) is 1.89. The molecule has 0 fully saturated rings. The summed E-state index contributed by atoms with van der Waals surface area (Å²) in [6.45, 7) is 2.21. The summed E-state index contributed by atoms with van der Waals surface area (Å²) in [6.07, 6.45) is 15.3. The van der Waals surface area contributed by atoms with Crippen LogP contribution >= 0.6 is 0 Å². The van der Waals surface area contributed by atoms with E-state index in [1.807, 2.05) is 0 Å². The Balaban J connectivity index is 2.23. The smallest absolute Gasteiger partial charge is 0.119 e. The first-order valence-electron chi connectivity index (χ1n) is 7.04. The predicted octanol–water partition coefficient (Wildman–Crippen LogP) is 4.72. The lowest BCUT2D eigenvalue weighted by molar-refractivity contribution is 0.449. The molecule has 1 rings (SSSR count). The largest absolute Gasteiger partial charge is 0.508 e. The number of rotatable bonds is 8. The van der Waals surface area contributed by atoms with Crippen LogP contribution in [0, 0.1) is 0 Å². The average molecular weight is 260 g/mol. The first-order chi connectivity index (χ1) is 9.22. The maximum absolute atomic E-state index is 9.34. The quantitative estimate of drug-likeness (QED) is 0.524. The minimum atomic E-state index is 0.110. The van der Waals surface area contributed by atoms with Gasteiger partial charge in [0.15, 0.2) is 0 Å². The zero-order valence-corrected chi connectivity index (χ0v) is 11.7. The van der Waals surface area contributed by atoms with Crippen LogP contribution in [0.5, 0.6) is 11.5 Å². The second-order valence-corrected chi connectivity index (χ2v) is 4.74. The highest BCUT2D eigenvalue weighted by Crippen LogP contribution is 2.20. The van der Waals surface area contributed by atoms with Crippen molar-refractivity contribution in [3.8, 4) is 11.5 Å². The van der Waals surface area contributed by atoms with Gasteiger partial charge in [-0.05, 0) is 43.4 Å². The third-order valence-corrected chi connectivity index (χ3v) is 2.90. The van der Waals surface area contributed by atoms with Gasteiger partial charge in [-0.2, -0.15) is 0 Å². The normalized spacial score (nSPS) is 11.6. The second kappa shape index (κ2) is 9.26. The molecular weight excluding hydrogens is 236 g/mol. The van der Waals surface area contributed by atoms with Crippen LogP contribution in [0.15, 0.2) is 42.5 Å². The molecule has 19 heavy (non-hydrogen) atoms. The second-order valence-electron chi connectivity index (χ2n) is 4.74. The van der Waals surface area contributed by atoms with E-state index in [1.54, 1.807) is 12.1 Å². The summed E-state index contributed by atoms with van der Waals surface area (Å²) in [7, 11) is 0. The summed E-state index contributed by atoms with van der Waals surface area (Å²) in [5, 5.41) is 18.7. The molecule has 2 nitrogen and oxygen atoms in total. The molecule has 1 aromatic rings. The van der Waals surface area contributed by atoms with E-state index in [0.717, 1.165) is 18.4 Å². The van der Waals surface area contributed by atoms with Gasteiger partial charge in [0.2, 0.25) is 0 Å². The van der Waals surface area contributed by atoms with Crippen LogP contribution in [0.3, 0.4) is 0 Å². The van der Waals surface area contributed by atoms with E-state index in [1.165, 1.54) is 31.7 Å². The molecule has 2 heteroatoms. The molecular formula is C17H24O2. The van der Waals surface area contributed by atoms with E-state index >= 15 is 0 Å². The van der Waals surface area contributed by atoms with Crippen molar-refractivity contribution < 1.29 is 10.2 Å². The first kappa shape index (κ1) is 15.4. The number of unbranched alkanes of at least 4 members (excludes halogenated alkanes) is 3. The molecule has 0 radical (unpaired) electrons. The summed E-state index contributed by atoms with van der Waals surface area (Å²) in [5.74, 6) is 0.221. The summed E-state index contributed by atoms with van der Waals surface area (Å²) < 4.78 is 0. The summed E-state index contributed by atoms with van der Waals surface area (Å²) >= 11 is 0. The standard InChI is InChI=1S/C17H24O2/c1-2-3-4-5-6-7-8-9-10-11-15-12-16(18)14-17(19)13-15/h6-7,9-10,12-14,18-19H,2-5,8,11H2,1H3. The van der Waals surface area contributed by atoms with Crippen molar-refractivity contribution in [2.75, 3.05) is 0 Å². The molecule has 0 saturated heterocycles. The SMILES string of the molecule is CCCCCC=CCC=CCc1cc(O)cc(O)c1. The van der Waals surface area contributed by atoms with Crippen molar-refractivity contribution in [3.05, 3.63) is 48.1 Å². The third kappa shape index (κ3) is 7.35. The highest BCUT2D eigenvalue weighted by molar-refractivity contribution is 5.37. The van der Waals surface area contributed by atoms with Crippen LogP contribution in [-0.2, 0) is 6.42 Å². The summed E-state index contributed by atoms with van der Waals surface area (Å²) in [4.78, 5) is 0. The average Bonchev–Trinajstić information content (AvgIpc) is 2.36. The van der Waals surface area contributed by atoms with Crippen molar-refractivity contribution in [2.24, 2.45) is 0 Å². The van der Waals surface area contributed by atoms with Gasteiger partial charge in [-0.15, -0.1) is 0 Å². The third-order valence-electron chi connectivity index (χ3n) is 2.90. The molecule has 0 saturated carbocycles. The van der Waals surface area contributed by atoms with Gasteiger partial charge in [-0.25, -0.2) is 0 Å². The monoisotopic (exact) mass is 260 g/mol. The highest BCUT2D eigenvalue weighted by Gasteiger charge is 1.96. The number of hydrogen-bond acceptors (Lipinski definition) is 2. The van der Waals surface area contributed by atoms with Crippen LogP contribution in [0.1, 0.15) is 44.6 Å². The Morgan fingerprint density at radius 1 is 0.895 bits per heavy atom. The van der Waals surface area contributed by atoms with Crippen molar-refractivity contribution in [1.29, 1.82) is 0 Å². The molecule has 0 atom stereocenters. The van der Waals surface area contributed by atoms with E-state index in [2.05, 4.69) is 31.2 Å². The van der Waals surface area contributed by atoms with Gasteiger partial charge in [0.25, 0.3) is 0 Å². The number of hydrogen-bond donors (Lipinski definition) is 2. The van der Waals surface area contributed by atoms with E-state index < -0.39 is 0 Å². The van der Waals surface area contributed by atoms with Crippen LogP contribution in [0.4, 0.5) is 0 Å². The lowest BCUT2D eigenvalue weighted by Gasteiger charge is -1.99. The topological polar surface area (TPSA) is 40.5 Å². The number of phenols is 2. The fraction of sp³-hybridized carbons (Fsp3) is 0.412. The lowest BCUT2D eigenvalue weighted by atomic mass is 10.1. The molecule has 104 valence electrons. The Morgan fingerprint density at radius 3 is 2.26 bits per heavy atom.